The lowest BCUT2D eigenvalue weighted by molar-refractivity contribution is 0.333. The van der Waals surface area contributed by atoms with Crippen molar-refractivity contribution in [1.82, 2.24) is 20.0 Å². The van der Waals surface area contributed by atoms with Crippen molar-refractivity contribution in [2.24, 2.45) is 0 Å². The van der Waals surface area contributed by atoms with Crippen molar-refractivity contribution >= 4 is 0 Å². The molecule has 0 saturated heterocycles. The van der Waals surface area contributed by atoms with E-state index in [0.29, 0.717) is 12.1 Å². The lowest BCUT2D eigenvalue weighted by Crippen LogP contribution is -2.40. The number of likely N-dealkylation sites (N-methyl/N-ethyl adjacent to an activating group) is 1. The molecule has 2 rings (SSSR count). The van der Waals surface area contributed by atoms with Crippen molar-refractivity contribution in [3.05, 3.63) is 18.0 Å². The maximum absolute atomic E-state index is 4.81. The first-order chi connectivity index (χ1) is 9.69. The molecule has 1 aliphatic rings. The normalized spacial score (nSPS) is 18.0. The Hall–Kier alpha value is -0.870. The highest BCUT2D eigenvalue weighted by molar-refractivity contribution is 5.03. The Kier molecular flexibility index (Phi) is 6.05. The second kappa shape index (κ2) is 7.79. The summed E-state index contributed by atoms with van der Waals surface area (Å²) in [5.74, 6) is 0. The van der Waals surface area contributed by atoms with Crippen LogP contribution in [0.25, 0.3) is 0 Å². The second-order valence-corrected chi connectivity index (χ2v) is 6.34. The Bertz CT molecular complexity index is 380. The molecule has 1 N–H and O–H groups in total. The highest BCUT2D eigenvalue weighted by Crippen LogP contribution is 2.28. The largest absolute Gasteiger partial charge is 0.312 e. The van der Waals surface area contributed by atoms with Crippen LogP contribution >= 0.6 is 0 Å². The number of hydrogen-bond acceptors (Lipinski definition) is 3. The summed E-state index contributed by atoms with van der Waals surface area (Å²) >= 11 is 0. The van der Waals surface area contributed by atoms with E-state index in [4.69, 9.17) is 5.10 Å². The van der Waals surface area contributed by atoms with Crippen LogP contribution in [0.5, 0.6) is 0 Å². The third-order valence-corrected chi connectivity index (χ3v) is 4.09. The van der Waals surface area contributed by atoms with E-state index in [1.54, 1.807) is 0 Å². The molecule has 0 radical (unpaired) electrons. The molecule has 0 aliphatic heterocycles. The van der Waals surface area contributed by atoms with Gasteiger partial charge in [-0.3, -0.25) is 4.68 Å². The summed E-state index contributed by atoms with van der Waals surface area (Å²) in [5, 5.41) is 8.44. The van der Waals surface area contributed by atoms with E-state index in [-0.39, 0.29) is 0 Å². The van der Waals surface area contributed by atoms with Gasteiger partial charge in [0.05, 0.1) is 11.7 Å². The summed E-state index contributed by atoms with van der Waals surface area (Å²) in [6.07, 6.45) is 9.71. The molecular weight excluding hydrogens is 248 g/mol. The van der Waals surface area contributed by atoms with Crippen molar-refractivity contribution in [2.45, 2.75) is 57.5 Å². The van der Waals surface area contributed by atoms with Crippen LogP contribution in [0.2, 0.25) is 0 Å². The fourth-order valence-corrected chi connectivity index (χ4v) is 3.10. The predicted molar refractivity (Wildman–Crippen MR) is 84.1 cm³/mol. The van der Waals surface area contributed by atoms with Crippen LogP contribution in [-0.2, 0) is 6.42 Å². The second-order valence-electron chi connectivity index (χ2n) is 6.34. The van der Waals surface area contributed by atoms with E-state index in [1.165, 1.54) is 37.8 Å². The van der Waals surface area contributed by atoms with E-state index in [1.807, 2.05) is 0 Å². The maximum Gasteiger partial charge on any atom is 0.0640 e. The molecule has 4 nitrogen and oxygen atoms in total. The van der Waals surface area contributed by atoms with Gasteiger partial charge in [-0.15, -0.1) is 0 Å². The molecule has 1 fully saturated rings. The smallest absolute Gasteiger partial charge is 0.0640 e. The summed E-state index contributed by atoms with van der Waals surface area (Å²) in [7, 11) is 4.27. The van der Waals surface area contributed by atoms with Crippen LogP contribution in [0.4, 0.5) is 0 Å². The van der Waals surface area contributed by atoms with Crippen LogP contribution in [0.3, 0.4) is 0 Å². The monoisotopic (exact) mass is 278 g/mol. The average molecular weight is 278 g/mol. The summed E-state index contributed by atoms with van der Waals surface area (Å²) in [6.45, 7) is 4.37. The molecular formula is C16H30N4. The molecule has 1 aromatic heterocycles. The van der Waals surface area contributed by atoms with E-state index in [9.17, 15) is 0 Å². The highest BCUT2D eigenvalue weighted by Gasteiger charge is 2.18. The Balaban J connectivity index is 1.91. The minimum absolute atomic E-state index is 0.497. The Labute approximate surface area is 123 Å². The summed E-state index contributed by atoms with van der Waals surface area (Å²) < 4.78 is 2.20. The van der Waals surface area contributed by atoms with Gasteiger partial charge in [-0.2, -0.15) is 5.10 Å². The first-order valence-electron chi connectivity index (χ1n) is 8.11. The SMILES string of the molecule is CCCNC(Cc1ccn(C2CCCC2)n1)CN(C)C. The van der Waals surface area contributed by atoms with E-state index >= 15 is 0 Å². The molecule has 0 aromatic carbocycles. The van der Waals surface area contributed by atoms with Crippen LogP contribution in [0.1, 0.15) is 50.8 Å². The Morgan fingerprint density at radius 3 is 2.80 bits per heavy atom. The minimum atomic E-state index is 0.497. The molecule has 114 valence electrons. The minimum Gasteiger partial charge on any atom is -0.312 e. The summed E-state index contributed by atoms with van der Waals surface area (Å²) in [6, 6.07) is 3.35. The van der Waals surface area contributed by atoms with Gasteiger partial charge in [-0.1, -0.05) is 19.8 Å². The van der Waals surface area contributed by atoms with Crippen molar-refractivity contribution in [3.63, 3.8) is 0 Å². The molecule has 1 aliphatic carbocycles. The van der Waals surface area contributed by atoms with Gasteiger partial charge < -0.3 is 10.2 Å². The lowest BCUT2D eigenvalue weighted by atomic mass is 10.1. The van der Waals surface area contributed by atoms with Crippen LogP contribution in [0.15, 0.2) is 12.3 Å². The van der Waals surface area contributed by atoms with E-state index < -0.39 is 0 Å². The Morgan fingerprint density at radius 2 is 2.15 bits per heavy atom. The molecule has 1 heterocycles. The zero-order chi connectivity index (χ0) is 14.4. The van der Waals surface area contributed by atoms with E-state index in [0.717, 1.165) is 19.5 Å². The van der Waals surface area contributed by atoms with Crippen molar-refractivity contribution < 1.29 is 0 Å². The van der Waals surface area contributed by atoms with Gasteiger partial charge in [0.25, 0.3) is 0 Å². The van der Waals surface area contributed by atoms with Crippen LogP contribution in [-0.4, -0.2) is 47.9 Å². The van der Waals surface area contributed by atoms with Gasteiger partial charge in [-0.05, 0) is 46.0 Å². The van der Waals surface area contributed by atoms with Gasteiger partial charge in [0.1, 0.15) is 0 Å². The first kappa shape index (κ1) is 15.5. The van der Waals surface area contributed by atoms with Crippen molar-refractivity contribution in [1.29, 1.82) is 0 Å². The number of nitrogens with zero attached hydrogens (tertiary/aromatic N) is 3. The third kappa shape index (κ3) is 4.60. The van der Waals surface area contributed by atoms with Gasteiger partial charge in [0.15, 0.2) is 0 Å². The van der Waals surface area contributed by atoms with Crippen LogP contribution < -0.4 is 5.32 Å². The fourth-order valence-electron chi connectivity index (χ4n) is 3.10. The van der Waals surface area contributed by atoms with Crippen molar-refractivity contribution in [3.8, 4) is 0 Å². The molecule has 1 atom stereocenters. The van der Waals surface area contributed by atoms with Gasteiger partial charge in [0.2, 0.25) is 0 Å². The average Bonchev–Trinajstić information content (AvgIpc) is 3.05. The molecule has 1 unspecified atom stereocenters. The molecule has 1 aromatic rings. The van der Waals surface area contributed by atoms with Gasteiger partial charge >= 0.3 is 0 Å². The zero-order valence-electron chi connectivity index (χ0n) is 13.3. The predicted octanol–water partition coefficient (Wildman–Crippen LogP) is 2.47. The topological polar surface area (TPSA) is 33.1 Å². The Morgan fingerprint density at radius 1 is 1.40 bits per heavy atom. The molecule has 1 saturated carbocycles. The van der Waals surface area contributed by atoms with Crippen molar-refractivity contribution in [2.75, 3.05) is 27.2 Å². The highest BCUT2D eigenvalue weighted by atomic mass is 15.3. The fraction of sp³-hybridized carbons (Fsp3) is 0.812. The third-order valence-electron chi connectivity index (χ3n) is 4.09. The maximum atomic E-state index is 4.81. The molecule has 0 bridgehead atoms. The quantitative estimate of drug-likeness (QED) is 0.793. The molecule has 20 heavy (non-hydrogen) atoms. The summed E-state index contributed by atoms with van der Waals surface area (Å²) in [4.78, 5) is 2.25. The molecule has 4 heteroatoms. The van der Waals surface area contributed by atoms with Gasteiger partial charge in [0, 0.05) is 25.2 Å². The number of nitrogens with one attached hydrogen (secondary N) is 1. The van der Waals surface area contributed by atoms with Gasteiger partial charge in [-0.25, -0.2) is 0 Å². The number of rotatable bonds is 8. The lowest BCUT2D eigenvalue weighted by Gasteiger charge is -2.21. The molecule has 0 amide bonds. The molecule has 0 spiro atoms. The zero-order valence-corrected chi connectivity index (χ0v) is 13.3. The number of hydrogen-bond donors (Lipinski definition) is 1. The first-order valence-corrected chi connectivity index (χ1v) is 8.11. The standard InChI is InChI=1S/C16H30N4/c1-4-10-17-15(13-19(2)3)12-14-9-11-20(18-14)16-7-5-6-8-16/h9,11,15-17H,4-8,10,12-13H2,1-3H3. The summed E-state index contributed by atoms with van der Waals surface area (Å²) in [5.41, 5.74) is 1.23. The number of aromatic nitrogens is 2. The van der Waals surface area contributed by atoms with Crippen LogP contribution in [0, 0.1) is 0 Å². The van der Waals surface area contributed by atoms with E-state index in [2.05, 4.69) is 48.2 Å².